The standard InChI is InChI=1S/C20H19FN4O2/c21-15-9-7-14(8-10-15)19-24-16(17(13-22)25-19)5-3-1-2-4-6-18(26)20-23-11-12-27-20/h7-12H,1-6H2,(H,24,25). The van der Waals surface area contributed by atoms with E-state index in [4.69, 9.17) is 4.42 Å². The van der Waals surface area contributed by atoms with Gasteiger partial charge in [-0.25, -0.2) is 14.4 Å². The predicted octanol–water partition coefficient (Wildman–Crippen LogP) is 4.45. The Kier molecular flexibility index (Phi) is 6.10. The van der Waals surface area contributed by atoms with Gasteiger partial charge in [-0.05, 0) is 43.5 Å². The van der Waals surface area contributed by atoms with E-state index in [-0.39, 0.29) is 17.5 Å². The smallest absolute Gasteiger partial charge is 0.263 e. The molecule has 0 fully saturated rings. The lowest BCUT2D eigenvalue weighted by Crippen LogP contribution is -1.99. The van der Waals surface area contributed by atoms with Crippen molar-refractivity contribution < 1.29 is 13.6 Å². The highest BCUT2D eigenvalue weighted by Gasteiger charge is 2.12. The number of unbranched alkanes of at least 4 members (excludes halogenated alkanes) is 3. The van der Waals surface area contributed by atoms with Crippen LogP contribution in [0.2, 0.25) is 0 Å². The number of hydrogen-bond acceptors (Lipinski definition) is 5. The molecule has 0 aliphatic rings. The topological polar surface area (TPSA) is 95.6 Å². The van der Waals surface area contributed by atoms with Crippen LogP contribution in [0.25, 0.3) is 11.4 Å². The van der Waals surface area contributed by atoms with E-state index in [0.29, 0.717) is 24.4 Å². The number of oxazole rings is 1. The summed E-state index contributed by atoms with van der Waals surface area (Å²) in [7, 11) is 0. The Hall–Kier alpha value is -3.27. The number of nitrogens with zero attached hydrogens (tertiary/aromatic N) is 3. The Morgan fingerprint density at radius 2 is 1.96 bits per heavy atom. The minimum Gasteiger partial charge on any atom is -0.442 e. The van der Waals surface area contributed by atoms with Crippen LogP contribution in [-0.4, -0.2) is 20.7 Å². The zero-order valence-electron chi connectivity index (χ0n) is 14.7. The van der Waals surface area contributed by atoms with Gasteiger partial charge in [0.15, 0.2) is 5.69 Å². The Bertz CT molecular complexity index is 924. The average molecular weight is 366 g/mol. The number of halogens is 1. The molecule has 138 valence electrons. The lowest BCUT2D eigenvalue weighted by atomic mass is 10.1. The van der Waals surface area contributed by atoms with Crippen molar-refractivity contribution in [3.8, 4) is 17.5 Å². The van der Waals surface area contributed by atoms with E-state index in [1.807, 2.05) is 0 Å². The fourth-order valence-electron chi connectivity index (χ4n) is 2.84. The van der Waals surface area contributed by atoms with Crippen molar-refractivity contribution in [3.63, 3.8) is 0 Å². The van der Waals surface area contributed by atoms with E-state index < -0.39 is 0 Å². The molecule has 0 saturated heterocycles. The van der Waals surface area contributed by atoms with Crippen molar-refractivity contribution in [1.29, 1.82) is 5.26 Å². The first kappa shape index (κ1) is 18.5. The van der Waals surface area contributed by atoms with Crippen LogP contribution in [0.3, 0.4) is 0 Å². The molecule has 3 aromatic rings. The van der Waals surface area contributed by atoms with Crippen LogP contribution in [0.5, 0.6) is 0 Å². The van der Waals surface area contributed by atoms with E-state index in [2.05, 4.69) is 21.0 Å². The molecule has 2 heterocycles. The minimum atomic E-state index is -0.313. The molecule has 0 radical (unpaired) electrons. The predicted molar refractivity (Wildman–Crippen MR) is 96.3 cm³/mol. The zero-order chi connectivity index (χ0) is 19.1. The molecular weight excluding hydrogens is 347 g/mol. The molecule has 1 aromatic carbocycles. The highest BCUT2D eigenvalue weighted by molar-refractivity contribution is 5.91. The van der Waals surface area contributed by atoms with Gasteiger partial charge in [0.25, 0.3) is 5.89 Å². The SMILES string of the molecule is N#Cc1nc(-c2ccc(F)cc2)[nH]c1CCCCCCC(=O)c1ncco1. The third kappa shape index (κ3) is 4.88. The molecule has 0 unspecified atom stereocenters. The number of hydrogen-bond donors (Lipinski definition) is 1. The van der Waals surface area contributed by atoms with Crippen LogP contribution in [0.1, 0.15) is 54.2 Å². The quantitative estimate of drug-likeness (QED) is 0.446. The van der Waals surface area contributed by atoms with E-state index in [9.17, 15) is 14.4 Å². The van der Waals surface area contributed by atoms with Gasteiger partial charge < -0.3 is 9.40 Å². The largest absolute Gasteiger partial charge is 0.442 e. The fourth-order valence-corrected chi connectivity index (χ4v) is 2.84. The third-order valence-electron chi connectivity index (χ3n) is 4.25. The molecular formula is C20H19FN4O2. The summed E-state index contributed by atoms with van der Waals surface area (Å²) in [5, 5.41) is 9.27. The van der Waals surface area contributed by atoms with Gasteiger partial charge in [0.2, 0.25) is 5.78 Å². The minimum absolute atomic E-state index is 0.0794. The number of aromatic nitrogens is 3. The Labute approximate surface area is 156 Å². The lowest BCUT2D eigenvalue weighted by molar-refractivity contribution is 0.0945. The number of ketones is 1. The van der Waals surface area contributed by atoms with Gasteiger partial charge in [0.1, 0.15) is 24.0 Å². The molecule has 27 heavy (non-hydrogen) atoms. The average Bonchev–Trinajstić information content (AvgIpc) is 3.35. The molecule has 2 aromatic heterocycles. The van der Waals surface area contributed by atoms with Crippen molar-refractivity contribution in [1.82, 2.24) is 15.0 Å². The van der Waals surface area contributed by atoms with Crippen LogP contribution in [0.15, 0.2) is 41.1 Å². The summed E-state index contributed by atoms with van der Waals surface area (Å²) >= 11 is 0. The summed E-state index contributed by atoms with van der Waals surface area (Å²) in [6.45, 7) is 0. The molecule has 1 N–H and O–H groups in total. The molecule has 0 atom stereocenters. The second kappa shape index (κ2) is 8.90. The van der Waals surface area contributed by atoms with Gasteiger partial charge in [-0.3, -0.25) is 4.79 Å². The van der Waals surface area contributed by atoms with Crippen molar-refractivity contribution in [2.45, 2.75) is 38.5 Å². The second-order valence-corrected chi connectivity index (χ2v) is 6.21. The van der Waals surface area contributed by atoms with Gasteiger partial charge >= 0.3 is 0 Å². The number of carbonyl (C=O) groups excluding carboxylic acids is 1. The van der Waals surface area contributed by atoms with Crippen LogP contribution in [0, 0.1) is 17.1 Å². The van der Waals surface area contributed by atoms with Gasteiger partial charge in [-0.15, -0.1) is 0 Å². The number of carbonyl (C=O) groups is 1. The molecule has 0 amide bonds. The van der Waals surface area contributed by atoms with Gasteiger partial charge in [-0.1, -0.05) is 12.8 Å². The molecule has 0 saturated carbocycles. The number of H-pyrrole nitrogens is 1. The first-order chi connectivity index (χ1) is 13.2. The van der Waals surface area contributed by atoms with Crippen LogP contribution < -0.4 is 0 Å². The number of rotatable bonds is 9. The molecule has 0 aliphatic carbocycles. The molecule has 6 nitrogen and oxygen atoms in total. The van der Waals surface area contributed by atoms with Crippen LogP contribution >= 0.6 is 0 Å². The normalized spacial score (nSPS) is 10.7. The number of imidazole rings is 1. The Balaban J connectivity index is 1.46. The molecule has 0 aliphatic heterocycles. The van der Waals surface area contributed by atoms with E-state index in [1.54, 1.807) is 12.1 Å². The second-order valence-electron chi connectivity index (χ2n) is 6.21. The summed E-state index contributed by atoms with van der Waals surface area (Å²) in [4.78, 5) is 23.1. The van der Waals surface area contributed by atoms with Crippen molar-refractivity contribution in [2.24, 2.45) is 0 Å². The monoisotopic (exact) mass is 366 g/mol. The summed E-state index contributed by atoms with van der Waals surface area (Å²) in [6, 6.07) is 8.09. The van der Waals surface area contributed by atoms with Gasteiger partial charge in [0.05, 0.1) is 11.9 Å². The molecule has 0 spiro atoms. The fraction of sp³-hybridized carbons (Fsp3) is 0.300. The van der Waals surface area contributed by atoms with E-state index in [1.165, 1.54) is 24.6 Å². The first-order valence-electron chi connectivity index (χ1n) is 8.85. The number of benzene rings is 1. The number of aromatic amines is 1. The maximum absolute atomic E-state index is 13.0. The van der Waals surface area contributed by atoms with E-state index in [0.717, 1.165) is 36.9 Å². The maximum atomic E-state index is 13.0. The van der Waals surface area contributed by atoms with E-state index >= 15 is 0 Å². The Morgan fingerprint density at radius 1 is 1.19 bits per heavy atom. The third-order valence-corrected chi connectivity index (χ3v) is 4.25. The number of aryl methyl sites for hydroxylation is 1. The summed E-state index contributed by atoms with van der Waals surface area (Å²) in [5.41, 5.74) is 1.89. The van der Waals surface area contributed by atoms with Gasteiger partial charge in [-0.2, -0.15) is 5.26 Å². The number of Topliss-reactive ketones (excluding diaryl/α,β-unsaturated/α-hetero) is 1. The molecule has 3 rings (SSSR count). The number of nitriles is 1. The lowest BCUT2D eigenvalue weighted by Gasteiger charge is -2.00. The molecule has 0 bridgehead atoms. The summed E-state index contributed by atoms with van der Waals surface area (Å²) in [5.74, 6) is 0.342. The van der Waals surface area contributed by atoms with Crippen LogP contribution in [0.4, 0.5) is 4.39 Å². The van der Waals surface area contributed by atoms with Gasteiger partial charge in [0, 0.05) is 12.0 Å². The summed E-state index contributed by atoms with van der Waals surface area (Å²) in [6.07, 6.45) is 7.48. The van der Waals surface area contributed by atoms with Crippen molar-refractivity contribution >= 4 is 5.78 Å². The molecule has 7 heteroatoms. The summed E-state index contributed by atoms with van der Waals surface area (Å²) < 4.78 is 18.0. The van der Waals surface area contributed by atoms with Crippen molar-refractivity contribution in [2.75, 3.05) is 0 Å². The highest BCUT2D eigenvalue weighted by Crippen LogP contribution is 2.20. The van der Waals surface area contributed by atoms with Crippen LogP contribution in [-0.2, 0) is 6.42 Å². The van der Waals surface area contributed by atoms with Crippen molar-refractivity contribution in [3.05, 3.63) is 59.8 Å². The maximum Gasteiger partial charge on any atom is 0.263 e. The first-order valence-corrected chi connectivity index (χ1v) is 8.85. The number of nitrogens with one attached hydrogen (secondary N) is 1. The Morgan fingerprint density at radius 3 is 2.67 bits per heavy atom. The zero-order valence-corrected chi connectivity index (χ0v) is 14.7. The highest BCUT2D eigenvalue weighted by atomic mass is 19.1.